The summed E-state index contributed by atoms with van der Waals surface area (Å²) in [7, 11) is 2.91. The molecule has 0 saturated carbocycles. The Kier molecular flexibility index (Phi) is 7.89. The van der Waals surface area contributed by atoms with Gasteiger partial charge in [0.2, 0.25) is 0 Å². The number of terminal acetylenes is 1. The summed E-state index contributed by atoms with van der Waals surface area (Å²) in [5.74, 6) is 1.77. The molecule has 0 heterocycles. The SMILES string of the molecule is BC(COC(C)(C)C(=O)OC)OC(=O)OC(C)C(C)C#C. The predicted octanol–water partition coefficient (Wildman–Crippen LogP) is 0.725. The van der Waals surface area contributed by atoms with Gasteiger partial charge in [0.25, 0.3) is 0 Å². The summed E-state index contributed by atoms with van der Waals surface area (Å²) in [4.78, 5) is 23.0. The van der Waals surface area contributed by atoms with Gasteiger partial charge >= 0.3 is 12.1 Å². The molecule has 0 aliphatic carbocycles. The summed E-state index contributed by atoms with van der Waals surface area (Å²) in [6.45, 7) is 6.63. The van der Waals surface area contributed by atoms with Gasteiger partial charge in [-0.3, -0.25) is 0 Å². The molecule has 0 saturated heterocycles. The molecule has 6 nitrogen and oxygen atoms in total. The summed E-state index contributed by atoms with van der Waals surface area (Å²) >= 11 is 0. The van der Waals surface area contributed by atoms with E-state index < -0.39 is 29.8 Å². The lowest BCUT2D eigenvalue weighted by Gasteiger charge is -2.24. The molecule has 0 radical (unpaired) electrons. The number of esters is 1. The van der Waals surface area contributed by atoms with Gasteiger partial charge in [0.1, 0.15) is 6.10 Å². The Labute approximate surface area is 126 Å². The Morgan fingerprint density at radius 3 is 2.33 bits per heavy atom. The minimum atomic E-state index is -1.11. The van der Waals surface area contributed by atoms with Crippen LogP contribution in [0.15, 0.2) is 0 Å². The molecule has 0 fully saturated rings. The van der Waals surface area contributed by atoms with Crippen LogP contribution < -0.4 is 0 Å². The highest BCUT2D eigenvalue weighted by molar-refractivity contribution is 6.11. The first kappa shape index (κ1) is 19.3. The Balaban J connectivity index is 4.21. The average Bonchev–Trinajstić information content (AvgIpc) is 2.42. The van der Waals surface area contributed by atoms with Crippen molar-refractivity contribution in [3.63, 3.8) is 0 Å². The van der Waals surface area contributed by atoms with Gasteiger partial charge < -0.3 is 18.9 Å². The van der Waals surface area contributed by atoms with Gasteiger partial charge in [-0.15, -0.1) is 6.42 Å². The highest BCUT2D eigenvalue weighted by atomic mass is 16.7. The molecule has 0 aromatic carbocycles. The maximum atomic E-state index is 11.5. The van der Waals surface area contributed by atoms with Crippen LogP contribution in [-0.2, 0) is 23.7 Å². The number of ether oxygens (including phenoxy) is 4. The molecule has 0 rings (SSSR count). The smallest absolute Gasteiger partial charge is 0.467 e. The van der Waals surface area contributed by atoms with Crippen molar-refractivity contribution in [2.24, 2.45) is 5.92 Å². The monoisotopic (exact) mass is 298 g/mol. The largest absolute Gasteiger partial charge is 0.508 e. The third-order valence-corrected chi connectivity index (χ3v) is 2.90. The van der Waals surface area contributed by atoms with Gasteiger partial charge in [0, 0.05) is 0 Å². The van der Waals surface area contributed by atoms with E-state index in [-0.39, 0.29) is 12.5 Å². The first-order chi connectivity index (χ1) is 9.63. The Morgan fingerprint density at radius 2 is 1.86 bits per heavy atom. The summed E-state index contributed by atoms with van der Waals surface area (Å²) in [5, 5.41) is 0. The standard InChI is InChI=1S/C14H23BO6/c1-7-9(2)10(3)20-13(17)21-11(15)8-19-14(4,5)12(16)18-6/h1,9-11H,8,15H2,2-6H3. The number of hydrogen-bond donors (Lipinski definition) is 0. The molecule has 0 spiro atoms. The molecule has 0 aliphatic heterocycles. The lowest BCUT2D eigenvalue weighted by Crippen LogP contribution is -2.39. The number of carbonyl (C=O) groups excluding carboxylic acids is 2. The van der Waals surface area contributed by atoms with E-state index in [9.17, 15) is 9.59 Å². The highest BCUT2D eigenvalue weighted by Gasteiger charge is 2.30. The quantitative estimate of drug-likeness (QED) is 0.392. The topological polar surface area (TPSA) is 71.1 Å². The van der Waals surface area contributed by atoms with Gasteiger partial charge in [-0.2, -0.15) is 0 Å². The van der Waals surface area contributed by atoms with E-state index in [1.807, 2.05) is 0 Å². The predicted molar refractivity (Wildman–Crippen MR) is 79.4 cm³/mol. The van der Waals surface area contributed by atoms with Gasteiger partial charge in [-0.05, 0) is 27.7 Å². The second-order valence-electron chi connectivity index (χ2n) is 5.27. The van der Waals surface area contributed by atoms with Crippen molar-refractivity contribution in [2.75, 3.05) is 13.7 Å². The fourth-order valence-electron chi connectivity index (χ4n) is 1.25. The zero-order chi connectivity index (χ0) is 16.6. The number of methoxy groups -OCH3 is 1. The first-order valence-electron chi connectivity index (χ1n) is 6.69. The fourth-order valence-corrected chi connectivity index (χ4v) is 1.25. The Hall–Kier alpha value is -1.68. The van der Waals surface area contributed by atoms with Crippen LogP contribution in [-0.4, -0.2) is 51.4 Å². The molecule has 0 bridgehead atoms. The van der Waals surface area contributed by atoms with Crippen LogP contribution in [0.4, 0.5) is 4.79 Å². The summed E-state index contributed by atoms with van der Waals surface area (Å²) < 4.78 is 20.0. The van der Waals surface area contributed by atoms with Crippen LogP contribution >= 0.6 is 0 Å². The molecule has 7 heteroatoms. The van der Waals surface area contributed by atoms with Crippen molar-refractivity contribution in [2.45, 2.75) is 45.4 Å². The van der Waals surface area contributed by atoms with Crippen molar-refractivity contribution < 1.29 is 28.5 Å². The Bertz CT molecular complexity index is 401. The molecule has 3 atom stereocenters. The molecule has 0 N–H and O–H groups in total. The van der Waals surface area contributed by atoms with Crippen molar-refractivity contribution in [1.82, 2.24) is 0 Å². The fraction of sp³-hybridized carbons (Fsp3) is 0.714. The molecule has 0 aromatic rings. The summed E-state index contributed by atoms with van der Waals surface area (Å²) in [6.07, 6.45) is 3.98. The van der Waals surface area contributed by atoms with E-state index in [4.69, 9.17) is 20.6 Å². The van der Waals surface area contributed by atoms with E-state index in [2.05, 4.69) is 10.7 Å². The molecule has 118 valence electrons. The van der Waals surface area contributed by atoms with Gasteiger partial charge in [-0.1, -0.05) is 5.92 Å². The summed E-state index contributed by atoms with van der Waals surface area (Å²) in [6, 6.07) is -0.574. The van der Waals surface area contributed by atoms with E-state index in [1.165, 1.54) is 7.11 Å². The molecular weight excluding hydrogens is 275 g/mol. The van der Waals surface area contributed by atoms with E-state index in [0.717, 1.165) is 0 Å². The van der Waals surface area contributed by atoms with E-state index >= 15 is 0 Å². The lowest BCUT2D eigenvalue weighted by atomic mass is 10.0. The van der Waals surface area contributed by atoms with Gasteiger partial charge in [-0.25, -0.2) is 9.59 Å². The normalized spacial score (nSPS) is 15.2. The molecular formula is C14H23BO6. The van der Waals surface area contributed by atoms with Gasteiger partial charge in [0.05, 0.1) is 25.6 Å². The Morgan fingerprint density at radius 1 is 1.29 bits per heavy atom. The molecule has 0 aromatic heterocycles. The van der Waals surface area contributed by atoms with Crippen LogP contribution in [0.2, 0.25) is 0 Å². The molecule has 21 heavy (non-hydrogen) atoms. The van der Waals surface area contributed by atoms with Crippen LogP contribution in [0.25, 0.3) is 0 Å². The van der Waals surface area contributed by atoms with Crippen molar-refractivity contribution >= 4 is 20.0 Å². The number of hydrogen-bond acceptors (Lipinski definition) is 6. The van der Waals surface area contributed by atoms with Crippen molar-refractivity contribution in [3.8, 4) is 12.3 Å². The second-order valence-corrected chi connectivity index (χ2v) is 5.27. The molecule has 0 aliphatic rings. The maximum Gasteiger partial charge on any atom is 0.508 e. The zero-order valence-corrected chi connectivity index (χ0v) is 13.5. The molecule has 3 unspecified atom stereocenters. The van der Waals surface area contributed by atoms with Crippen LogP contribution in [0.1, 0.15) is 27.7 Å². The number of carbonyl (C=O) groups is 2. The van der Waals surface area contributed by atoms with Gasteiger partial charge in [0.15, 0.2) is 13.4 Å². The van der Waals surface area contributed by atoms with E-state index in [1.54, 1.807) is 35.5 Å². The highest BCUT2D eigenvalue weighted by Crippen LogP contribution is 2.12. The minimum Gasteiger partial charge on any atom is -0.467 e. The van der Waals surface area contributed by atoms with Crippen LogP contribution in [0.5, 0.6) is 0 Å². The first-order valence-corrected chi connectivity index (χ1v) is 6.69. The average molecular weight is 298 g/mol. The minimum absolute atomic E-state index is 0.0380. The van der Waals surface area contributed by atoms with Crippen molar-refractivity contribution in [1.29, 1.82) is 0 Å². The maximum absolute atomic E-state index is 11.5. The lowest BCUT2D eigenvalue weighted by molar-refractivity contribution is -0.166. The third-order valence-electron chi connectivity index (χ3n) is 2.90. The molecule has 0 amide bonds. The summed E-state index contributed by atoms with van der Waals surface area (Å²) in [5.41, 5.74) is -1.11. The third kappa shape index (κ3) is 7.05. The van der Waals surface area contributed by atoms with E-state index in [0.29, 0.717) is 0 Å². The van der Waals surface area contributed by atoms with Crippen LogP contribution in [0, 0.1) is 18.3 Å². The van der Waals surface area contributed by atoms with Crippen molar-refractivity contribution in [3.05, 3.63) is 0 Å². The number of rotatable bonds is 7. The zero-order valence-electron chi connectivity index (χ0n) is 13.5. The van der Waals surface area contributed by atoms with Crippen LogP contribution in [0.3, 0.4) is 0 Å². The second kappa shape index (κ2) is 8.58.